The first kappa shape index (κ1) is 74.7. The summed E-state index contributed by atoms with van der Waals surface area (Å²) >= 11 is -1.82. The number of hydrogen-bond donors (Lipinski definition) is 2. The minimum atomic E-state index is -2.17. The van der Waals surface area contributed by atoms with Gasteiger partial charge in [-0.15, -0.1) is 0 Å². The molecular formula is C85H84F6Mo2N4O2-2. The molecule has 0 amide bonds. The van der Waals surface area contributed by atoms with Gasteiger partial charge in [-0.25, -0.2) is 4.39 Å². The molecule has 4 aliphatic rings. The van der Waals surface area contributed by atoms with Crippen molar-refractivity contribution >= 4 is 14.5 Å². The van der Waals surface area contributed by atoms with E-state index in [1.54, 1.807) is 4.40 Å². The maximum atomic E-state index is 13.9. The maximum Gasteiger partial charge on any atom is 0.131 e. The fourth-order valence-electron chi connectivity index (χ4n) is 13.1. The monoisotopic (exact) mass is 1500 g/mol. The van der Waals surface area contributed by atoms with Crippen molar-refractivity contribution in [2.45, 2.75) is 117 Å². The zero-order chi connectivity index (χ0) is 70.9. The zero-order valence-corrected chi connectivity index (χ0v) is 61.4. The molecule has 15 rings (SSSR count). The second-order valence-electron chi connectivity index (χ2n) is 26.8. The molecule has 11 aromatic rings. The molecule has 4 saturated carbocycles. The van der Waals surface area contributed by atoms with E-state index >= 15 is 0 Å². The number of hydrogen-bond acceptors (Lipinski definition) is 4. The van der Waals surface area contributed by atoms with Gasteiger partial charge in [0.05, 0.1) is 0 Å². The second-order valence-corrected chi connectivity index (χ2v) is 29.9. The molecule has 0 unspecified atom stereocenters. The predicted molar refractivity (Wildman–Crippen MR) is 384 cm³/mol. The van der Waals surface area contributed by atoms with Crippen LogP contribution >= 0.6 is 0 Å². The van der Waals surface area contributed by atoms with E-state index < -0.39 is 58.1 Å². The Labute approximate surface area is 595 Å². The van der Waals surface area contributed by atoms with Gasteiger partial charge in [0, 0.05) is 22.3 Å². The van der Waals surface area contributed by atoms with Crippen LogP contribution in [0.5, 0.6) is 11.5 Å². The molecule has 0 aliphatic heterocycles. The molecule has 4 aliphatic carbocycles. The minimum absolute atomic E-state index is 0.101. The van der Waals surface area contributed by atoms with Gasteiger partial charge in [0.15, 0.2) is 0 Å². The molecule has 4 fully saturated rings. The van der Waals surface area contributed by atoms with Gasteiger partial charge in [-0.05, 0) is 59.0 Å². The van der Waals surface area contributed by atoms with Crippen LogP contribution in [0.25, 0.3) is 44.5 Å². The van der Waals surface area contributed by atoms with Crippen molar-refractivity contribution < 1.29 is 72.4 Å². The van der Waals surface area contributed by atoms with E-state index in [1.165, 1.54) is 56.2 Å². The third-order valence-electron chi connectivity index (χ3n) is 17.8. The first-order valence-electron chi connectivity index (χ1n) is 33.2. The standard InChI is InChI=1S/C19H16O.C18H13FO.C10H15N.2C10H12.C6F5N.2C6H8N.2Mo/c1-14-12-17(15-8-4-2-5-9-15)19(20)18(13-14)16-10-6-3-7-11-16;19-15-11-16(13-7-3-1-4-8-13)18(20)17(12-15)14-9-5-2-6-10-14;11-10-4-7-1-8(5-10)3-9(2-7)6-10;2*1-10(2,3)9-7-5-4-6-8-9;7-1-2(8)4(10)6(12)5(11)3(1)9;2*1-5-3-4-6(2)7-5;;/h2-13,20H,1H3;1-12,20H;7-9H,1-6H2;2*1,4-8H,2-3H3;;2*3-4H,1-2H3;;/q;;;;;;2*-1;;. The third-order valence-corrected chi connectivity index (χ3v) is 23.2. The van der Waals surface area contributed by atoms with Gasteiger partial charge < -0.3 is 20.2 Å². The number of rotatable bonds is 10. The number of benzene rings is 9. The normalized spacial score (nSPS) is 16.2. The van der Waals surface area contributed by atoms with E-state index in [0.29, 0.717) is 22.4 Å². The molecule has 512 valence electrons. The molecule has 2 N–H and O–H groups in total. The SMILES string of the molecule is CC(C)([CH]=[Mo]=[N]C12CC3CC(CC(C3)C1)C2)c1ccccc1.CC(C)([CH]=[Mo]=[N]c1c(F)c(F)c(F)c(F)c1F)c1ccccc1.Cc1cc(-c2ccccc2)c(O)c(-c2ccccc2)c1.Cc1ccc(C)[n-]1.Cc1ccc(C)[n-]1.Oc1c(-c2ccccc2)cc(F)cc1-c1ccccc1. The fourth-order valence-corrected chi connectivity index (χ4v) is 17.1. The van der Waals surface area contributed by atoms with Gasteiger partial charge in [-0.3, -0.25) is 0 Å². The first-order valence-corrected chi connectivity index (χ1v) is 37.3. The summed E-state index contributed by atoms with van der Waals surface area (Å²) in [6.45, 7) is 18.5. The molecule has 0 radical (unpaired) electrons. The van der Waals surface area contributed by atoms with Crippen LogP contribution in [0, 0.1) is 87.3 Å². The number of nitrogens with zero attached hydrogens (tertiary/aromatic N) is 4. The van der Waals surface area contributed by atoms with Gasteiger partial charge in [0.25, 0.3) is 0 Å². The number of phenols is 2. The Morgan fingerprint density at radius 1 is 0.394 bits per heavy atom. The fraction of sp³-hybridized carbons (Fsp3) is 0.247. The Hall–Kier alpha value is -8.56. The Balaban J connectivity index is 0.000000144. The summed E-state index contributed by atoms with van der Waals surface area (Å²) in [5.41, 5.74) is 13.5. The van der Waals surface area contributed by atoms with Gasteiger partial charge in [0.2, 0.25) is 0 Å². The molecule has 2 aromatic heterocycles. The van der Waals surface area contributed by atoms with Gasteiger partial charge >= 0.3 is 280 Å². The smallest absolute Gasteiger partial charge is 0.131 e. The minimum Gasteiger partial charge on any atom is -0.665 e. The predicted octanol–water partition coefficient (Wildman–Crippen LogP) is 22.5. The number of aromatic nitrogens is 2. The summed E-state index contributed by atoms with van der Waals surface area (Å²) < 4.78 is 93.5. The largest absolute Gasteiger partial charge is 0.665 e. The molecule has 4 bridgehead atoms. The van der Waals surface area contributed by atoms with E-state index in [9.17, 15) is 36.6 Å². The molecule has 0 saturated heterocycles. The summed E-state index contributed by atoms with van der Waals surface area (Å²) in [5.74, 6) is -6.77. The Kier molecular flexibility index (Phi) is 26.0. The molecule has 0 atom stereocenters. The van der Waals surface area contributed by atoms with E-state index in [4.69, 9.17) is 3.50 Å². The molecule has 14 heteroatoms. The Morgan fingerprint density at radius 3 is 0.980 bits per heavy atom. The quantitative estimate of drug-likeness (QED) is 0.0617. The van der Waals surface area contributed by atoms with Crippen LogP contribution in [0.4, 0.5) is 32.0 Å². The van der Waals surface area contributed by atoms with Crippen molar-refractivity contribution in [2.24, 2.45) is 24.7 Å². The van der Waals surface area contributed by atoms with Crippen LogP contribution in [0.15, 0.2) is 238 Å². The Morgan fingerprint density at radius 2 is 0.677 bits per heavy atom. The van der Waals surface area contributed by atoms with Crippen molar-refractivity contribution in [1.29, 1.82) is 0 Å². The number of phenolic OH excluding ortho intramolecular Hbond substituents is 2. The van der Waals surface area contributed by atoms with Crippen molar-refractivity contribution in [1.82, 2.24) is 9.97 Å². The number of aromatic hydroxyl groups is 2. The second kappa shape index (κ2) is 34.5. The summed E-state index contributed by atoms with van der Waals surface area (Å²) in [7, 11) is 0. The molecule has 99 heavy (non-hydrogen) atoms. The molecule has 2 heterocycles. The first-order chi connectivity index (χ1) is 47.4. The molecule has 0 spiro atoms. The van der Waals surface area contributed by atoms with Crippen LogP contribution < -0.4 is 9.97 Å². The zero-order valence-electron chi connectivity index (χ0n) is 57.3. The topological polar surface area (TPSA) is 93.4 Å². The number of halogens is 6. The van der Waals surface area contributed by atoms with Crippen molar-refractivity contribution in [3.8, 4) is 56.0 Å². The molecule has 9 aromatic carbocycles. The van der Waals surface area contributed by atoms with Gasteiger partial charge in [0.1, 0.15) is 17.3 Å². The van der Waals surface area contributed by atoms with Crippen LogP contribution in [-0.2, 0) is 46.7 Å². The van der Waals surface area contributed by atoms with Crippen LogP contribution in [0.3, 0.4) is 0 Å². The van der Waals surface area contributed by atoms with Crippen LogP contribution in [-0.4, -0.2) is 24.6 Å². The molecule has 6 nitrogen and oxygen atoms in total. The summed E-state index contributed by atoms with van der Waals surface area (Å²) in [5, 5.41) is 21.1. The average Bonchev–Trinajstić information content (AvgIpc) is 1.48. The van der Waals surface area contributed by atoms with Crippen molar-refractivity contribution in [3.05, 3.63) is 305 Å². The summed E-state index contributed by atoms with van der Waals surface area (Å²) in [6.07, 6.45) is 8.83. The average molecular weight is 1500 g/mol. The number of aryl methyl sites for hydroxylation is 5. The summed E-state index contributed by atoms with van der Waals surface area (Å²) in [6, 6.07) is 73.7. The molecular weight excluding hydrogens is 1410 g/mol. The van der Waals surface area contributed by atoms with Crippen molar-refractivity contribution in [3.63, 3.8) is 0 Å². The van der Waals surface area contributed by atoms with E-state index in [-0.39, 0.29) is 34.9 Å². The summed E-state index contributed by atoms with van der Waals surface area (Å²) in [4.78, 5) is 8.22. The van der Waals surface area contributed by atoms with Gasteiger partial charge in [-0.1, -0.05) is 173 Å². The van der Waals surface area contributed by atoms with Crippen LogP contribution in [0.2, 0.25) is 0 Å². The van der Waals surface area contributed by atoms with Crippen molar-refractivity contribution in [2.75, 3.05) is 0 Å². The Bertz CT molecular complexity index is 4200. The van der Waals surface area contributed by atoms with E-state index in [0.717, 1.165) is 85.0 Å². The maximum absolute atomic E-state index is 13.9. The van der Waals surface area contributed by atoms with E-state index in [2.05, 4.69) is 69.0 Å². The van der Waals surface area contributed by atoms with Crippen LogP contribution in [0.1, 0.15) is 106 Å². The van der Waals surface area contributed by atoms with Gasteiger partial charge in [-0.2, -0.15) is 22.8 Å². The van der Waals surface area contributed by atoms with E-state index in [1.807, 2.05) is 230 Å². The third kappa shape index (κ3) is 20.3.